The van der Waals surface area contributed by atoms with E-state index in [2.05, 4.69) is 20.7 Å². The molecule has 0 amide bonds. The van der Waals surface area contributed by atoms with Crippen LogP contribution in [0.5, 0.6) is 0 Å². The number of hydrazine groups is 1. The molecule has 0 saturated carbocycles. The predicted octanol–water partition coefficient (Wildman–Crippen LogP) is 2.44. The van der Waals surface area contributed by atoms with E-state index in [1.165, 1.54) is 6.92 Å². The molecule has 110 valence electrons. The summed E-state index contributed by atoms with van der Waals surface area (Å²) in [5.41, 5.74) is 3.03. The fraction of sp³-hybridized carbons (Fsp3) is 0.167. The lowest BCUT2D eigenvalue weighted by Crippen LogP contribution is -2.13. The first-order valence-electron chi connectivity index (χ1n) is 5.96. The van der Waals surface area contributed by atoms with Crippen molar-refractivity contribution in [3.05, 3.63) is 40.1 Å². The zero-order valence-electron chi connectivity index (χ0n) is 11.5. The minimum atomic E-state index is -0.520. The SMILES string of the molecule is CSc1ccc(Nc2nc(NN)nc(C)c2[N+](=O)[O-])cc1. The molecule has 4 N–H and O–H groups in total. The summed E-state index contributed by atoms with van der Waals surface area (Å²) >= 11 is 1.61. The van der Waals surface area contributed by atoms with Gasteiger partial charge < -0.3 is 5.32 Å². The maximum Gasteiger partial charge on any atom is 0.332 e. The van der Waals surface area contributed by atoms with Crippen molar-refractivity contribution in [3.8, 4) is 0 Å². The van der Waals surface area contributed by atoms with E-state index >= 15 is 0 Å². The van der Waals surface area contributed by atoms with Gasteiger partial charge in [-0.05, 0) is 37.4 Å². The van der Waals surface area contributed by atoms with E-state index < -0.39 is 4.92 Å². The van der Waals surface area contributed by atoms with Gasteiger partial charge >= 0.3 is 5.69 Å². The number of benzene rings is 1. The van der Waals surface area contributed by atoms with Gasteiger partial charge in [0.25, 0.3) is 0 Å². The Labute approximate surface area is 125 Å². The third kappa shape index (κ3) is 3.38. The maximum atomic E-state index is 11.2. The molecule has 0 aliphatic heterocycles. The molecule has 1 heterocycles. The molecule has 1 aromatic heterocycles. The Morgan fingerprint density at radius 1 is 1.29 bits per heavy atom. The Hall–Kier alpha value is -2.39. The molecule has 0 atom stereocenters. The van der Waals surface area contributed by atoms with Gasteiger partial charge in [0.15, 0.2) is 0 Å². The van der Waals surface area contributed by atoms with E-state index in [9.17, 15) is 10.1 Å². The standard InChI is InChI=1S/C12H14N6O2S/c1-7-10(18(19)20)11(16-12(14-7)17-13)15-8-3-5-9(21-2)6-4-8/h3-6H,13H2,1-2H3,(H2,14,15,16,17). The Morgan fingerprint density at radius 3 is 2.48 bits per heavy atom. The van der Waals surface area contributed by atoms with Gasteiger partial charge in [-0.2, -0.15) is 4.98 Å². The summed E-state index contributed by atoms with van der Waals surface area (Å²) in [6, 6.07) is 7.47. The van der Waals surface area contributed by atoms with Gasteiger partial charge in [0, 0.05) is 10.6 Å². The predicted molar refractivity (Wildman–Crippen MR) is 82.7 cm³/mol. The minimum absolute atomic E-state index is 0.0948. The molecule has 0 saturated heterocycles. The molecule has 2 rings (SSSR count). The summed E-state index contributed by atoms with van der Waals surface area (Å²) in [6.45, 7) is 1.53. The normalized spacial score (nSPS) is 10.2. The number of nitrogens with two attached hydrogens (primary N) is 1. The number of nitrogen functional groups attached to an aromatic ring is 1. The van der Waals surface area contributed by atoms with Crippen LogP contribution in [0.15, 0.2) is 29.2 Å². The molecular formula is C12H14N6O2S. The van der Waals surface area contributed by atoms with Crippen molar-refractivity contribution in [2.45, 2.75) is 11.8 Å². The molecule has 21 heavy (non-hydrogen) atoms. The van der Waals surface area contributed by atoms with Gasteiger partial charge in [0.2, 0.25) is 11.8 Å². The van der Waals surface area contributed by atoms with E-state index in [0.29, 0.717) is 5.69 Å². The number of nitrogens with zero attached hydrogens (tertiary/aromatic N) is 3. The van der Waals surface area contributed by atoms with Gasteiger partial charge in [0.05, 0.1) is 4.92 Å². The number of aryl methyl sites for hydroxylation is 1. The topological polar surface area (TPSA) is 119 Å². The first kappa shape index (κ1) is 15.0. The fourth-order valence-corrected chi connectivity index (χ4v) is 2.16. The summed E-state index contributed by atoms with van der Waals surface area (Å²) in [6.07, 6.45) is 1.97. The second-order valence-electron chi connectivity index (χ2n) is 4.08. The minimum Gasteiger partial charge on any atom is -0.334 e. The first-order chi connectivity index (χ1) is 10.0. The molecule has 0 unspecified atom stereocenters. The maximum absolute atomic E-state index is 11.2. The summed E-state index contributed by atoms with van der Waals surface area (Å²) in [4.78, 5) is 19.7. The van der Waals surface area contributed by atoms with Gasteiger partial charge in [-0.3, -0.25) is 15.5 Å². The number of aromatic nitrogens is 2. The van der Waals surface area contributed by atoms with Crippen LogP contribution in [0.2, 0.25) is 0 Å². The van der Waals surface area contributed by atoms with E-state index in [4.69, 9.17) is 5.84 Å². The van der Waals surface area contributed by atoms with Crippen LogP contribution >= 0.6 is 11.8 Å². The summed E-state index contributed by atoms with van der Waals surface area (Å²) in [7, 11) is 0. The van der Waals surface area contributed by atoms with Crippen molar-refractivity contribution in [1.82, 2.24) is 9.97 Å². The molecule has 2 aromatic rings. The Balaban J connectivity index is 2.41. The quantitative estimate of drug-likeness (QED) is 0.333. The summed E-state index contributed by atoms with van der Waals surface area (Å²) < 4.78 is 0. The third-order valence-corrected chi connectivity index (χ3v) is 3.47. The van der Waals surface area contributed by atoms with Crippen molar-refractivity contribution >= 4 is 34.9 Å². The molecule has 0 aliphatic rings. The van der Waals surface area contributed by atoms with Crippen LogP contribution in [0.3, 0.4) is 0 Å². The van der Waals surface area contributed by atoms with Crippen LogP contribution in [0.25, 0.3) is 0 Å². The molecule has 0 aliphatic carbocycles. The lowest BCUT2D eigenvalue weighted by molar-refractivity contribution is -0.385. The summed E-state index contributed by atoms with van der Waals surface area (Å²) in [5.74, 6) is 5.48. The Morgan fingerprint density at radius 2 is 1.95 bits per heavy atom. The number of hydrogen-bond acceptors (Lipinski definition) is 8. The third-order valence-electron chi connectivity index (χ3n) is 2.72. The molecule has 0 radical (unpaired) electrons. The van der Waals surface area contributed by atoms with Crippen LogP contribution in [0.1, 0.15) is 5.69 Å². The van der Waals surface area contributed by atoms with Crippen LogP contribution in [0, 0.1) is 17.0 Å². The smallest absolute Gasteiger partial charge is 0.332 e. The zero-order chi connectivity index (χ0) is 15.4. The highest BCUT2D eigenvalue weighted by atomic mass is 32.2. The number of anilines is 3. The Kier molecular flexibility index (Phi) is 4.55. The van der Waals surface area contributed by atoms with Gasteiger partial charge in [-0.1, -0.05) is 0 Å². The highest BCUT2D eigenvalue weighted by Gasteiger charge is 2.22. The molecule has 8 nitrogen and oxygen atoms in total. The summed E-state index contributed by atoms with van der Waals surface area (Å²) in [5, 5.41) is 14.1. The van der Waals surface area contributed by atoms with Crippen LogP contribution in [-0.2, 0) is 0 Å². The van der Waals surface area contributed by atoms with Crippen molar-refractivity contribution < 1.29 is 4.92 Å². The Bertz CT molecular complexity index is 662. The van der Waals surface area contributed by atoms with Crippen molar-refractivity contribution in [2.24, 2.45) is 5.84 Å². The van der Waals surface area contributed by atoms with E-state index in [1.54, 1.807) is 11.8 Å². The fourth-order valence-electron chi connectivity index (χ4n) is 1.75. The second-order valence-corrected chi connectivity index (χ2v) is 4.96. The molecule has 0 bridgehead atoms. The van der Waals surface area contributed by atoms with E-state index in [-0.39, 0.29) is 23.1 Å². The number of hydrogen-bond donors (Lipinski definition) is 3. The van der Waals surface area contributed by atoms with Crippen LogP contribution < -0.4 is 16.6 Å². The monoisotopic (exact) mass is 306 g/mol. The first-order valence-corrected chi connectivity index (χ1v) is 7.18. The van der Waals surface area contributed by atoms with E-state index in [0.717, 1.165) is 4.90 Å². The van der Waals surface area contributed by atoms with Crippen molar-refractivity contribution in [2.75, 3.05) is 17.0 Å². The molecule has 0 fully saturated rings. The number of thioether (sulfide) groups is 1. The zero-order valence-corrected chi connectivity index (χ0v) is 12.3. The van der Waals surface area contributed by atoms with E-state index in [1.807, 2.05) is 30.5 Å². The highest BCUT2D eigenvalue weighted by molar-refractivity contribution is 7.98. The molecule has 0 spiro atoms. The van der Waals surface area contributed by atoms with Crippen LogP contribution in [0.4, 0.5) is 23.1 Å². The number of rotatable bonds is 5. The average Bonchev–Trinajstić information content (AvgIpc) is 2.47. The number of nitro groups is 1. The van der Waals surface area contributed by atoms with Gasteiger partial charge in [-0.25, -0.2) is 10.8 Å². The number of nitrogens with one attached hydrogen (secondary N) is 2. The van der Waals surface area contributed by atoms with Crippen molar-refractivity contribution in [3.63, 3.8) is 0 Å². The molecular weight excluding hydrogens is 292 g/mol. The van der Waals surface area contributed by atoms with Gasteiger partial charge in [0.1, 0.15) is 5.69 Å². The lowest BCUT2D eigenvalue weighted by Gasteiger charge is -2.09. The van der Waals surface area contributed by atoms with Gasteiger partial charge in [-0.15, -0.1) is 11.8 Å². The van der Waals surface area contributed by atoms with Crippen molar-refractivity contribution in [1.29, 1.82) is 0 Å². The largest absolute Gasteiger partial charge is 0.334 e. The lowest BCUT2D eigenvalue weighted by atomic mass is 10.3. The average molecular weight is 306 g/mol. The molecule has 1 aromatic carbocycles. The second kappa shape index (κ2) is 6.37. The van der Waals surface area contributed by atoms with Crippen LogP contribution in [-0.4, -0.2) is 21.1 Å². The highest BCUT2D eigenvalue weighted by Crippen LogP contribution is 2.29. The molecule has 9 heteroatoms.